The standard InChI is InChI=1S/C10H13FIN/c1-13(2)4-3-8-5-9(11)7-10(12)6-8/h5-7H,3-4H2,1-2H3. The molecule has 0 aliphatic rings. The largest absolute Gasteiger partial charge is 0.309 e. The van der Waals surface area contributed by atoms with Gasteiger partial charge in [-0.1, -0.05) is 0 Å². The monoisotopic (exact) mass is 293 g/mol. The lowest BCUT2D eigenvalue weighted by atomic mass is 10.1. The van der Waals surface area contributed by atoms with Crippen molar-refractivity contribution >= 4 is 22.6 Å². The normalized spacial score (nSPS) is 10.8. The highest BCUT2D eigenvalue weighted by molar-refractivity contribution is 14.1. The van der Waals surface area contributed by atoms with Crippen LogP contribution in [0.1, 0.15) is 5.56 Å². The summed E-state index contributed by atoms with van der Waals surface area (Å²) in [6.45, 7) is 0.958. The van der Waals surface area contributed by atoms with Crippen LogP contribution in [0.5, 0.6) is 0 Å². The Bertz CT molecular complexity index is 266. The molecule has 0 atom stereocenters. The molecule has 0 saturated carbocycles. The third-order valence-corrected chi connectivity index (χ3v) is 2.39. The Morgan fingerprint density at radius 3 is 2.54 bits per heavy atom. The van der Waals surface area contributed by atoms with Crippen LogP contribution in [0.3, 0.4) is 0 Å². The van der Waals surface area contributed by atoms with Gasteiger partial charge in [0.05, 0.1) is 0 Å². The van der Waals surface area contributed by atoms with Crippen LogP contribution in [0, 0.1) is 9.39 Å². The highest BCUT2D eigenvalue weighted by Gasteiger charge is 1.99. The highest BCUT2D eigenvalue weighted by Crippen LogP contribution is 2.11. The Morgan fingerprint density at radius 1 is 1.31 bits per heavy atom. The summed E-state index contributed by atoms with van der Waals surface area (Å²) in [7, 11) is 4.04. The summed E-state index contributed by atoms with van der Waals surface area (Å²) in [5.74, 6) is -0.138. The van der Waals surface area contributed by atoms with Gasteiger partial charge in [-0.25, -0.2) is 4.39 Å². The van der Waals surface area contributed by atoms with Crippen LogP contribution in [0.4, 0.5) is 4.39 Å². The fraction of sp³-hybridized carbons (Fsp3) is 0.400. The van der Waals surface area contributed by atoms with Crippen molar-refractivity contribution in [3.8, 4) is 0 Å². The Morgan fingerprint density at radius 2 is 2.00 bits per heavy atom. The predicted molar refractivity (Wildman–Crippen MR) is 61.4 cm³/mol. The molecule has 1 aromatic rings. The Kier molecular flexibility index (Phi) is 4.12. The molecule has 0 fully saturated rings. The maximum atomic E-state index is 12.9. The molecule has 0 amide bonds. The molecular weight excluding hydrogens is 280 g/mol. The van der Waals surface area contributed by atoms with Crippen molar-refractivity contribution in [3.63, 3.8) is 0 Å². The first-order valence-electron chi connectivity index (χ1n) is 4.17. The second kappa shape index (κ2) is 4.91. The SMILES string of the molecule is CN(C)CCc1cc(F)cc(I)c1. The smallest absolute Gasteiger partial charge is 0.124 e. The minimum absolute atomic E-state index is 0.138. The van der Waals surface area contributed by atoms with E-state index in [9.17, 15) is 4.39 Å². The van der Waals surface area contributed by atoms with Crippen LogP contribution in [-0.2, 0) is 6.42 Å². The molecule has 0 bridgehead atoms. The average molecular weight is 293 g/mol. The van der Waals surface area contributed by atoms with Crippen molar-refractivity contribution in [1.82, 2.24) is 4.90 Å². The van der Waals surface area contributed by atoms with Crippen LogP contribution in [0.15, 0.2) is 18.2 Å². The van der Waals surface area contributed by atoms with E-state index >= 15 is 0 Å². The molecule has 72 valence electrons. The number of likely N-dealkylation sites (N-methyl/N-ethyl adjacent to an activating group) is 1. The zero-order chi connectivity index (χ0) is 9.84. The molecular formula is C10H13FIN. The van der Waals surface area contributed by atoms with Gasteiger partial charge < -0.3 is 4.90 Å². The Labute approximate surface area is 92.1 Å². The van der Waals surface area contributed by atoms with Gasteiger partial charge >= 0.3 is 0 Å². The summed E-state index contributed by atoms with van der Waals surface area (Å²) in [5.41, 5.74) is 1.07. The number of rotatable bonds is 3. The fourth-order valence-corrected chi connectivity index (χ4v) is 1.81. The van der Waals surface area contributed by atoms with Crippen molar-refractivity contribution in [1.29, 1.82) is 0 Å². The summed E-state index contributed by atoms with van der Waals surface area (Å²) in [6, 6.07) is 5.17. The summed E-state index contributed by atoms with van der Waals surface area (Å²) >= 11 is 2.13. The van der Waals surface area contributed by atoms with Crippen molar-refractivity contribution in [3.05, 3.63) is 33.1 Å². The lowest BCUT2D eigenvalue weighted by Crippen LogP contribution is -2.15. The molecule has 0 saturated heterocycles. The zero-order valence-electron chi connectivity index (χ0n) is 7.85. The first-order valence-corrected chi connectivity index (χ1v) is 5.25. The number of halogens is 2. The van der Waals surface area contributed by atoms with E-state index in [1.807, 2.05) is 20.2 Å². The van der Waals surface area contributed by atoms with Gasteiger partial charge in [-0.3, -0.25) is 0 Å². The number of hydrogen-bond donors (Lipinski definition) is 0. The van der Waals surface area contributed by atoms with Crippen molar-refractivity contribution in [2.75, 3.05) is 20.6 Å². The van der Waals surface area contributed by atoms with Gasteiger partial charge in [-0.05, 0) is 66.9 Å². The number of nitrogens with zero attached hydrogens (tertiary/aromatic N) is 1. The van der Waals surface area contributed by atoms with Crippen LogP contribution < -0.4 is 0 Å². The average Bonchev–Trinajstić information content (AvgIpc) is 1.99. The lowest BCUT2D eigenvalue weighted by Gasteiger charge is -2.09. The van der Waals surface area contributed by atoms with Crippen LogP contribution in [0.2, 0.25) is 0 Å². The van der Waals surface area contributed by atoms with Gasteiger partial charge in [0, 0.05) is 10.1 Å². The third-order valence-electron chi connectivity index (χ3n) is 1.77. The first-order chi connectivity index (χ1) is 6.08. The molecule has 0 radical (unpaired) electrons. The molecule has 3 heteroatoms. The fourth-order valence-electron chi connectivity index (χ4n) is 1.11. The topological polar surface area (TPSA) is 3.24 Å². The van der Waals surface area contributed by atoms with Gasteiger partial charge in [0.1, 0.15) is 5.82 Å². The quantitative estimate of drug-likeness (QED) is 0.774. The highest BCUT2D eigenvalue weighted by atomic mass is 127. The van der Waals surface area contributed by atoms with Crippen LogP contribution in [-0.4, -0.2) is 25.5 Å². The van der Waals surface area contributed by atoms with E-state index in [1.54, 1.807) is 12.1 Å². The summed E-state index contributed by atoms with van der Waals surface area (Å²) in [6.07, 6.45) is 0.904. The Hall–Kier alpha value is -0.160. The molecule has 0 spiro atoms. The van der Waals surface area contributed by atoms with Gasteiger partial charge in [-0.2, -0.15) is 0 Å². The van der Waals surface area contributed by atoms with E-state index in [0.717, 1.165) is 22.1 Å². The van der Waals surface area contributed by atoms with E-state index in [-0.39, 0.29) is 5.82 Å². The molecule has 13 heavy (non-hydrogen) atoms. The number of benzene rings is 1. The van der Waals surface area contributed by atoms with E-state index in [4.69, 9.17) is 0 Å². The van der Waals surface area contributed by atoms with E-state index in [0.29, 0.717) is 0 Å². The zero-order valence-corrected chi connectivity index (χ0v) is 10.0. The van der Waals surface area contributed by atoms with Gasteiger partial charge in [-0.15, -0.1) is 0 Å². The van der Waals surface area contributed by atoms with Crippen LogP contribution in [0.25, 0.3) is 0 Å². The van der Waals surface area contributed by atoms with Crippen LogP contribution >= 0.6 is 22.6 Å². The van der Waals surface area contributed by atoms with Gasteiger partial charge in [0.2, 0.25) is 0 Å². The molecule has 1 nitrogen and oxygen atoms in total. The second-order valence-corrected chi connectivity index (χ2v) is 4.58. The molecule has 0 N–H and O–H groups in total. The first kappa shape index (κ1) is 10.9. The maximum Gasteiger partial charge on any atom is 0.124 e. The number of hydrogen-bond acceptors (Lipinski definition) is 1. The van der Waals surface area contributed by atoms with Crippen molar-refractivity contribution in [2.45, 2.75) is 6.42 Å². The molecule has 0 aliphatic heterocycles. The molecule has 1 aromatic carbocycles. The molecule has 0 aliphatic carbocycles. The lowest BCUT2D eigenvalue weighted by molar-refractivity contribution is 0.413. The van der Waals surface area contributed by atoms with E-state index in [2.05, 4.69) is 27.5 Å². The molecule has 0 aromatic heterocycles. The minimum atomic E-state index is -0.138. The summed E-state index contributed by atoms with van der Waals surface area (Å²) in [5, 5.41) is 0. The summed E-state index contributed by atoms with van der Waals surface area (Å²) < 4.78 is 13.9. The van der Waals surface area contributed by atoms with E-state index in [1.165, 1.54) is 0 Å². The molecule has 0 heterocycles. The molecule has 0 unspecified atom stereocenters. The minimum Gasteiger partial charge on any atom is -0.309 e. The van der Waals surface area contributed by atoms with Gasteiger partial charge in [0.15, 0.2) is 0 Å². The second-order valence-electron chi connectivity index (χ2n) is 3.33. The van der Waals surface area contributed by atoms with E-state index < -0.39 is 0 Å². The molecule has 1 rings (SSSR count). The van der Waals surface area contributed by atoms with Gasteiger partial charge in [0.25, 0.3) is 0 Å². The third kappa shape index (κ3) is 4.04. The van der Waals surface area contributed by atoms with Crippen molar-refractivity contribution in [2.24, 2.45) is 0 Å². The summed E-state index contributed by atoms with van der Waals surface area (Å²) in [4.78, 5) is 2.10. The van der Waals surface area contributed by atoms with Crippen molar-refractivity contribution < 1.29 is 4.39 Å². The predicted octanol–water partition coefficient (Wildman–Crippen LogP) is 2.53. The maximum absolute atomic E-state index is 12.9. The Balaban J connectivity index is 2.66.